The highest BCUT2D eigenvalue weighted by Gasteiger charge is 2.34. The van der Waals surface area contributed by atoms with E-state index in [4.69, 9.17) is 91.7 Å². The molecule has 0 aliphatic carbocycles. The molecule has 0 spiro atoms. The van der Waals surface area contributed by atoms with Gasteiger partial charge in [0, 0.05) is 17.3 Å². The maximum Gasteiger partial charge on any atom is 0.417 e. The molecule has 0 saturated carbocycles. The Morgan fingerprint density at radius 2 is 0.800 bits per heavy atom. The van der Waals surface area contributed by atoms with E-state index in [1.165, 1.54) is 46.8 Å². The number of pyridine rings is 4. The lowest BCUT2D eigenvalue weighted by Gasteiger charge is -2.23. The van der Waals surface area contributed by atoms with Crippen LogP contribution in [0.1, 0.15) is 145 Å². The van der Waals surface area contributed by atoms with Crippen LogP contribution >= 0.6 is 58.0 Å². The van der Waals surface area contributed by atoms with Gasteiger partial charge in [0.05, 0.1) is 148 Å². The summed E-state index contributed by atoms with van der Waals surface area (Å²) >= 11 is 31.5. The smallest absolute Gasteiger partial charge is 0.384 e. The molecule has 0 saturated heterocycles. The second kappa shape index (κ2) is 40.0. The maximum atomic E-state index is 14.7. The van der Waals surface area contributed by atoms with Crippen LogP contribution in [0.2, 0.25) is 25.1 Å². The SMILES string of the molecule is CCC[C@H](Nc1nc(C)nc(N)c1Cl)c1nc2cccc(Cl)c2c(=O)n1-c1ccc(N)nc1.Cc1nc(N)c(C#N)c(N[C@@H](C)c2nc3c(F)ccc(Cl)c3c(=O)n2-c2cncc(F)c2C)n1.Cc1nc(N)c(C#N)c(N[C@@H](C)c2nc3cccc(Cl)c3c(=O)n2-c2cncc(C(F)(F)F)c2)n1.Cc1nc(N)c(C#N)c(N[C@@H](C)c2nc3cccc(Cl)c3c(=O)n2-c2cncc(F)c2C)n1. The number of benzene rings is 4. The summed E-state index contributed by atoms with van der Waals surface area (Å²) in [5.41, 5.74) is 27.8. The molecular formula is C88H73Cl5F6N32O4. The van der Waals surface area contributed by atoms with E-state index in [-0.39, 0.29) is 162 Å². The van der Waals surface area contributed by atoms with Crippen molar-refractivity contribution in [3.63, 3.8) is 0 Å². The molecule has 12 aromatic heterocycles. The number of alkyl halides is 3. The van der Waals surface area contributed by atoms with Crippen molar-refractivity contribution in [2.45, 2.75) is 112 Å². The van der Waals surface area contributed by atoms with E-state index >= 15 is 0 Å². The normalized spacial score (nSPS) is 12.1. The van der Waals surface area contributed by atoms with Gasteiger partial charge in [-0.1, -0.05) is 89.5 Å². The first-order valence-corrected chi connectivity index (χ1v) is 42.0. The first kappa shape index (κ1) is 96.6. The highest BCUT2D eigenvalue weighted by molar-refractivity contribution is 6.37. The fourth-order valence-corrected chi connectivity index (χ4v) is 15.3. The number of fused-ring (bicyclic) bond motifs is 4. The summed E-state index contributed by atoms with van der Waals surface area (Å²) in [5.74, 6) is 1.36. The topological polar surface area (TPSA) is 544 Å². The average Bonchev–Trinajstić information content (AvgIpc) is 0.752. The van der Waals surface area contributed by atoms with E-state index in [1.54, 1.807) is 116 Å². The van der Waals surface area contributed by atoms with Crippen LogP contribution in [-0.4, -0.2) is 98.0 Å². The Morgan fingerprint density at radius 3 is 1.22 bits per heavy atom. The number of aromatic nitrogens is 20. The second-order valence-electron chi connectivity index (χ2n) is 29.9. The van der Waals surface area contributed by atoms with Crippen molar-refractivity contribution >= 4 is 154 Å². The summed E-state index contributed by atoms with van der Waals surface area (Å²) < 4.78 is 88.4. The Bertz CT molecular complexity index is 7850. The number of hydrogen-bond donors (Lipinski definition) is 9. The summed E-state index contributed by atoms with van der Waals surface area (Å²) in [6.07, 6.45) is 4.78. The molecule has 0 radical (unpaired) electrons. The molecule has 135 heavy (non-hydrogen) atoms. The number of nitriles is 3. The molecule has 47 heteroatoms. The second-order valence-corrected chi connectivity index (χ2v) is 31.9. The molecule has 36 nitrogen and oxygen atoms in total. The van der Waals surface area contributed by atoms with Gasteiger partial charge in [0.2, 0.25) is 0 Å². The molecule has 12 heterocycles. The maximum absolute atomic E-state index is 14.7. The quantitative estimate of drug-likeness (QED) is 0.0360. The lowest BCUT2D eigenvalue weighted by molar-refractivity contribution is -0.137. The van der Waals surface area contributed by atoms with E-state index in [0.29, 0.717) is 74.7 Å². The van der Waals surface area contributed by atoms with Gasteiger partial charge < -0.3 is 49.9 Å². The van der Waals surface area contributed by atoms with Crippen LogP contribution in [0, 0.1) is 93.0 Å². The van der Waals surface area contributed by atoms with Crippen molar-refractivity contribution in [1.82, 2.24) is 98.0 Å². The van der Waals surface area contributed by atoms with Gasteiger partial charge >= 0.3 is 6.18 Å². The zero-order chi connectivity index (χ0) is 97.8. The largest absolute Gasteiger partial charge is 0.417 e. The Balaban J connectivity index is 0.000000152. The number of aryl methyl sites for hydroxylation is 4. The molecule has 0 amide bonds. The van der Waals surface area contributed by atoms with Gasteiger partial charge in [-0.05, 0) is 135 Å². The van der Waals surface area contributed by atoms with Crippen molar-refractivity contribution in [2.24, 2.45) is 0 Å². The fraction of sp³-hybridized carbons (Fsp3) is 0.193. The summed E-state index contributed by atoms with van der Waals surface area (Å²) in [7, 11) is 0. The molecule has 14 N–H and O–H groups in total. The number of halogens is 11. The van der Waals surface area contributed by atoms with E-state index in [2.05, 4.69) is 96.0 Å². The molecule has 0 fully saturated rings. The standard InChI is InChI=1S/C22H22Cl2N8O.C22H16ClF3N8O.C22H17ClF2N8O.C22H18ClFN8O/c1-3-5-15(30-20-18(24)19(26)28-11(2)29-20)21-31-14-7-4-6-13(23)17(14)22(33)32(21)12-8-9-16(25)27-10-12;1-10(30-19-14(7-27)18(28)31-11(2)32-19)20-33-16-5-3-4-15(23)17(16)21(35)34(20)13-6-12(8-29-9-13)22(24,25)26;1-9-15(25)7-28-8-16(9)33-21(32-18-14(24)5-4-13(23)17(18)22(33)34)10(2)29-20-12(6-26)19(27)30-11(3)31-20;1-10-15(24)8-27-9-17(10)32-21(31-16-6-4-5-14(23)18(16)22(32)33)11(2)28-20-13(7-25)19(26)29-12(3)30-20/h4,6-10,15H,3,5H2,1-2H3,(H2,25,27)(H3,26,28,29,30);3-6,8-10H,1-2H3,(H3,28,30,31,32);4-5,7-8,10H,1-3H3,(H3,27,29,30,31);4-6,8-9,11H,1-3H3,(H3,26,28,29,30)/t15-;2*10-;11-/m0000/s1. The molecule has 4 aromatic carbocycles. The Kier molecular flexibility index (Phi) is 28.6. The van der Waals surface area contributed by atoms with Crippen molar-refractivity contribution < 1.29 is 26.3 Å². The molecule has 0 aliphatic rings. The van der Waals surface area contributed by atoms with E-state index in [9.17, 15) is 61.3 Å². The van der Waals surface area contributed by atoms with Crippen molar-refractivity contribution in [3.8, 4) is 41.0 Å². The zero-order valence-electron chi connectivity index (χ0n) is 72.3. The minimum Gasteiger partial charge on any atom is -0.384 e. The van der Waals surface area contributed by atoms with Gasteiger partial charge in [-0.2, -0.15) is 29.0 Å². The first-order valence-electron chi connectivity index (χ1n) is 40.1. The Morgan fingerprint density at radius 1 is 0.415 bits per heavy atom. The molecule has 16 rings (SSSR count). The number of nitrogens with two attached hydrogens (primary N) is 5. The fourth-order valence-electron chi connectivity index (χ4n) is 14.2. The third-order valence-electron chi connectivity index (χ3n) is 20.5. The lowest BCUT2D eigenvalue weighted by atomic mass is 10.1. The highest BCUT2D eigenvalue weighted by Crippen LogP contribution is 2.37. The zero-order valence-corrected chi connectivity index (χ0v) is 76.1. The summed E-state index contributed by atoms with van der Waals surface area (Å²) in [6, 6.07) is 24.2. The predicted octanol–water partition coefficient (Wildman–Crippen LogP) is 15.8. The van der Waals surface area contributed by atoms with E-state index in [0.717, 1.165) is 46.3 Å². The molecule has 16 aromatic rings. The van der Waals surface area contributed by atoms with E-state index < -0.39 is 70.0 Å². The summed E-state index contributed by atoms with van der Waals surface area (Å²) in [6.45, 7) is 16.5. The number of anilines is 9. The molecular weight excluding hydrogens is 1860 g/mol. The van der Waals surface area contributed by atoms with Gasteiger partial charge in [-0.15, -0.1) is 0 Å². The van der Waals surface area contributed by atoms with Gasteiger partial charge in [-0.25, -0.2) is 78.0 Å². The van der Waals surface area contributed by atoms with Gasteiger partial charge in [0.15, 0.2) is 23.3 Å². The van der Waals surface area contributed by atoms with Crippen molar-refractivity contribution in [3.05, 3.63) is 292 Å². The minimum absolute atomic E-state index is 0.00731. The predicted molar refractivity (Wildman–Crippen MR) is 501 cm³/mol. The van der Waals surface area contributed by atoms with Gasteiger partial charge in [0.1, 0.15) is 139 Å². The third-order valence-corrected chi connectivity index (χ3v) is 22.2. The number of rotatable bonds is 18. The van der Waals surface area contributed by atoms with Crippen LogP contribution in [0.25, 0.3) is 66.4 Å². The molecule has 686 valence electrons. The van der Waals surface area contributed by atoms with Crippen molar-refractivity contribution in [1.29, 1.82) is 15.8 Å². The van der Waals surface area contributed by atoms with Crippen LogP contribution in [0.4, 0.5) is 78.7 Å². The first-order chi connectivity index (χ1) is 64.2. The molecule has 0 aliphatic heterocycles. The molecule has 0 bridgehead atoms. The highest BCUT2D eigenvalue weighted by atomic mass is 35.5. The van der Waals surface area contributed by atoms with Crippen LogP contribution < -0.4 is 72.2 Å². The number of nitrogens with one attached hydrogen (secondary N) is 4. The van der Waals surface area contributed by atoms with Crippen LogP contribution in [-0.2, 0) is 6.18 Å². The number of nitrogen functional groups attached to an aromatic ring is 5. The molecule has 4 atom stereocenters. The van der Waals surface area contributed by atoms with Crippen LogP contribution in [0.3, 0.4) is 0 Å². The van der Waals surface area contributed by atoms with Gasteiger partial charge in [0.25, 0.3) is 22.2 Å². The van der Waals surface area contributed by atoms with Crippen LogP contribution in [0.5, 0.6) is 0 Å². The van der Waals surface area contributed by atoms with E-state index in [1.807, 2.05) is 25.1 Å². The third kappa shape index (κ3) is 20.0. The summed E-state index contributed by atoms with van der Waals surface area (Å²) in [5, 5.41) is 42.0. The Hall–Kier alpha value is -15.9. The summed E-state index contributed by atoms with van der Waals surface area (Å²) in [4.78, 5) is 121. The Labute approximate surface area is 785 Å². The lowest BCUT2D eigenvalue weighted by Crippen LogP contribution is -2.29. The molecule has 0 unspecified atom stereocenters. The average molecular weight is 1930 g/mol. The number of hydrogen-bond acceptors (Lipinski definition) is 32. The monoisotopic (exact) mass is 1930 g/mol. The number of nitrogens with zero attached hydrogens (tertiary/aromatic N) is 23. The van der Waals surface area contributed by atoms with Crippen LogP contribution in [0.15, 0.2) is 147 Å². The minimum atomic E-state index is -4.68. The van der Waals surface area contributed by atoms with Gasteiger partial charge in [-0.3, -0.25) is 52.4 Å². The van der Waals surface area contributed by atoms with Crippen molar-refractivity contribution in [2.75, 3.05) is 49.9 Å².